The van der Waals surface area contributed by atoms with Crippen LogP contribution in [0.25, 0.3) is 0 Å². The van der Waals surface area contributed by atoms with Gasteiger partial charge in [0.1, 0.15) is 0 Å². The number of nitrogens with one attached hydrogen (secondary N) is 1. The lowest BCUT2D eigenvalue weighted by molar-refractivity contribution is 0.0918. The van der Waals surface area contributed by atoms with Gasteiger partial charge < -0.3 is 15.1 Å². The molecule has 1 fully saturated rings. The van der Waals surface area contributed by atoms with Crippen LogP contribution in [0.5, 0.6) is 0 Å². The van der Waals surface area contributed by atoms with Crippen LogP contribution in [0, 0.1) is 0 Å². The topological polar surface area (TPSA) is 18.5 Å². The highest BCUT2D eigenvalue weighted by Crippen LogP contribution is 2.12. The molecule has 1 heterocycles. The minimum Gasteiger partial charge on any atom is -0.315 e. The average molecular weight is 255 g/mol. The molecule has 1 aliphatic heterocycles. The van der Waals surface area contributed by atoms with Gasteiger partial charge in [0.2, 0.25) is 0 Å². The first-order valence-electron chi connectivity index (χ1n) is 7.83. The summed E-state index contributed by atoms with van der Waals surface area (Å²) in [5, 5.41) is 3.49. The van der Waals surface area contributed by atoms with E-state index in [-0.39, 0.29) is 0 Å². The number of unbranched alkanes of at least 4 members (excludes halogenated alkanes) is 1. The molecule has 1 rings (SSSR count). The molecule has 18 heavy (non-hydrogen) atoms. The largest absolute Gasteiger partial charge is 0.315 e. The van der Waals surface area contributed by atoms with Crippen molar-refractivity contribution < 1.29 is 0 Å². The second kappa shape index (κ2) is 8.89. The fourth-order valence-corrected chi connectivity index (χ4v) is 2.89. The number of hydrogen-bond acceptors (Lipinski definition) is 3. The smallest absolute Gasteiger partial charge is 0.0218 e. The van der Waals surface area contributed by atoms with Gasteiger partial charge >= 0.3 is 0 Å². The van der Waals surface area contributed by atoms with E-state index < -0.39 is 0 Å². The van der Waals surface area contributed by atoms with Gasteiger partial charge in [-0.15, -0.1) is 0 Å². The molecular weight excluding hydrogens is 222 g/mol. The number of hydrogen-bond donors (Lipinski definition) is 1. The summed E-state index contributed by atoms with van der Waals surface area (Å²) >= 11 is 0. The maximum absolute atomic E-state index is 3.49. The Morgan fingerprint density at radius 3 is 2.67 bits per heavy atom. The Morgan fingerprint density at radius 1 is 1.22 bits per heavy atom. The summed E-state index contributed by atoms with van der Waals surface area (Å²) in [5.41, 5.74) is 0. The van der Waals surface area contributed by atoms with E-state index in [9.17, 15) is 0 Å². The SMILES string of the molecule is CCNC(C)CCCCN1CCN(C)C(CC)C1. The van der Waals surface area contributed by atoms with Gasteiger partial charge in [0.15, 0.2) is 0 Å². The summed E-state index contributed by atoms with van der Waals surface area (Å²) in [7, 11) is 2.27. The monoisotopic (exact) mass is 255 g/mol. The van der Waals surface area contributed by atoms with Crippen molar-refractivity contribution in [3.05, 3.63) is 0 Å². The minimum absolute atomic E-state index is 0.686. The molecule has 0 aliphatic carbocycles. The van der Waals surface area contributed by atoms with E-state index in [1.54, 1.807) is 0 Å². The van der Waals surface area contributed by atoms with Crippen molar-refractivity contribution in [3.63, 3.8) is 0 Å². The second-order valence-electron chi connectivity index (χ2n) is 5.80. The molecule has 0 aromatic carbocycles. The van der Waals surface area contributed by atoms with Crippen LogP contribution in [0.3, 0.4) is 0 Å². The maximum atomic E-state index is 3.49. The van der Waals surface area contributed by atoms with E-state index in [2.05, 4.69) is 42.9 Å². The zero-order chi connectivity index (χ0) is 13.4. The molecule has 1 saturated heterocycles. The highest BCUT2D eigenvalue weighted by Gasteiger charge is 2.21. The molecule has 1 aliphatic rings. The molecule has 1 N–H and O–H groups in total. The summed E-state index contributed by atoms with van der Waals surface area (Å²) in [6.45, 7) is 13.0. The predicted molar refractivity (Wildman–Crippen MR) is 80.1 cm³/mol. The number of piperazine rings is 1. The van der Waals surface area contributed by atoms with E-state index in [1.165, 1.54) is 51.9 Å². The van der Waals surface area contributed by atoms with Gasteiger partial charge in [-0.05, 0) is 46.3 Å². The van der Waals surface area contributed by atoms with E-state index in [0.717, 1.165) is 12.6 Å². The lowest BCUT2D eigenvalue weighted by Gasteiger charge is -2.39. The van der Waals surface area contributed by atoms with Crippen molar-refractivity contribution in [1.82, 2.24) is 15.1 Å². The molecule has 0 saturated carbocycles. The molecular formula is C15H33N3. The zero-order valence-electron chi connectivity index (χ0n) is 12.9. The lowest BCUT2D eigenvalue weighted by Crippen LogP contribution is -2.51. The predicted octanol–water partition coefficient (Wildman–Crippen LogP) is 2.18. The third kappa shape index (κ3) is 5.68. The zero-order valence-corrected chi connectivity index (χ0v) is 12.9. The van der Waals surface area contributed by atoms with Crippen LogP contribution < -0.4 is 5.32 Å². The van der Waals surface area contributed by atoms with E-state index in [4.69, 9.17) is 0 Å². The van der Waals surface area contributed by atoms with Crippen LogP contribution in [0.1, 0.15) is 46.5 Å². The van der Waals surface area contributed by atoms with Gasteiger partial charge in [0.05, 0.1) is 0 Å². The normalized spacial score (nSPS) is 24.3. The van der Waals surface area contributed by atoms with Crippen LogP contribution >= 0.6 is 0 Å². The Morgan fingerprint density at radius 2 is 2.00 bits per heavy atom. The van der Waals surface area contributed by atoms with Gasteiger partial charge in [-0.2, -0.15) is 0 Å². The Balaban J connectivity index is 2.09. The number of nitrogens with zero attached hydrogens (tertiary/aromatic N) is 2. The van der Waals surface area contributed by atoms with Crippen molar-refractivity contribution in [2.45, 2.75) is 58.5 Å². The highest BCUT2D eigenvalue weighted by molar-refractivity contribution is 4.78. The molecule has 108 valence electrons. The maximum Gasteiger partial charge on any atom is 0.0218 e. The Labute approximate surface area is 114 Å². The van der Waals surface area contributed by atoms with Crippen molar-refractivity contribution in [1.29, 1.82) is 0 Å². The van der Waals surface area contributed by atoms with E-state index >= 15 is 0 Å². The van der Waals surface area contributed by atoms with Crippen LogP contribution in [-0.2, 0) is 0 Å². The third-order valence-electron chi connectivity index (χ3n) is 4.25. The first kappa shape index (κ1) is 15.9. The van der Waals surface area contributed by atoms with Crippen molar-refractivity contribution in [2.24, 2.45) is 0 Å². The first-order valence-corrected chi connectivity index (χ1v) is 7.83. The van der Waals surface area contributed by atoms with Crippen molar-refractivity contribution >= 4 is 0 Å². The standard InChI is InChI=1S/C15H33N3/c1-5-15-13-18(12-11-17(15)4)10-8-7-9-14(3)16-6-2/h14-16H,5-13H2,1-4H3. The average Bonchev–Trinajstić information content (AvgIpc) is 2.37. The molecule has 0 radical (unpaired) electrons. The van der Waals surface area contributed by atoms with Gasteiger partial charge in [-0.25, -0.2) is 0 Å². The third-order valence-corrected chi connectivity index (χ3v) is 4.25. The summed E-state index contributed by atoms with van der Waals surface area (Å²) in [6, 6.07) is 1.46. The Kier molecular flexibility index (Phi) is 7.87. The van der Waals surface area contributed by atoms with Crippen molar-refractivity contribution in [3.8, 4) is 0 Å². The highest BCUT2D eigenvalue weighted by atomic mass is 15.3. The summed E-state index contributed by atoms with van der Waals surface area (Å²) in [5.74, 6) is 0. The van der Waals surface area contributed by atoms with Crippen LogP contribution in [0.4, 0.5) is 0 Å². The quantitative estimate of drug-likeness (QED) is 0.671. The number of likely N-dealkylation sites (N-methyl/N-ethyl adjacent to an activating group) is 1. The van der Waals surface area contributed by atoms with Crippen LogP contribution in [0.15, 0.2) is 0 Å². The van der Waals surface area contributed by atoms with Gasteiger partial charge in [0, 0.05) is 31.7 Å². The molecule has 0 bridgehead atoms. The second-order valence-corrected chi connectivity index (χ2v) is 5.80. The molecule has 0 aromatic rings. The molecule has 0 aromatic heterocycles. The van der Waals surface area contributed by atoms with Crippen LogP contribution in [0.2, 0.25) is 0 Å². The van der Waals surface area contributed by atoms with Gasteiger partial charge in [-0.1, -0.05) is 20.3 Å². The van der Waals surface area contributed by atoms with Crippen molar-refractivity contribution in [2.75, 3.05) is 39.8 Å². The molecule has 3 heteroatoms. The molecule has 3 nitrogen and oxygen atoms in total. The summed E-state index contributed by atoms with van der Waals surface area (Å²) in [6.07, 6.45) is 5.32. The minimum atomic E-state index is 0.686. The van der Waals surface area contributed by atoms with E-state index in [0.29, 0.717) is 6.04 Å². The van der Waals surface area contributed by atoms with Crippen LogP contribution in [-0.4, -0.2) is 61.7 Å². The molecule has 2 atom stereocenters. The fourth-order valence-electron chi connectivity index (χ4n) is 2.89. The molecule has 0 amide bonds. The summed E-state index contributed by atoms with van der Waals surface area (Å²) in [4.78, 5) is 5.18. The van der Waals surface area contributed by atoms with E-state index in [1.807, 2.05) is 0 Å². The number of rotatable bonds is 8. The van der Waals surface area contributed by atoms with Gasteiger partial charge in [0.25, 0.3) is 0 Å². The molecule has 0 spiro atoms. The fraction of sp³-hybridized carbons (Fsp3) is 1.00. The summed E-state index contributed by atoms with van der Waals surface area (Å²) < 4.78 is 0. The molecule has 2 unspecified atom stereocenters. The Bertz CT molecular complexity index is 208. The lowest BCUT2D eigenvalue weighted by atomic mass is 10.1. The van der Waals surface area contributed by atoms with Gasteiger partial charge in [-0.3, -0.25) is 0 Å². The Hall–Kier alpha value is -0.120. The first-order chi connectivity index (χ1) is 8.67.